The van der Waals surface area contributed by atoms with E-state index in [1.807, 2.05) is 12.1 Å². The average molecular weight is 372 g/mol. The smallest absolute Gasteiger partial charge is 0.251 e. The minimum absolute atomic E-state index is 0.0181. The number of nitrogens with zero attached hydrogens (tertiary/aromatic N) is 2. The Kier molecular flexibility index (Phi) is 5.69. The van der Waals surface area contributed by atoms with E-state index in [0.29, 0.717) is 5.41 Å². The number of benzene rings is 1. The molecule has 27 heavy (non-hydrogen) atoms. The van der Waals surface area contributed by atoms with Gasteiger partial charge >= 0.3 is 0 Å². The van der Waals surface area contributed by atoms with E-state index in [-0.39, 0.29) is 5.91 Å². The SMILES string of the molecule is CNC(=O)c1ccc(N2CCC3(CC2)CCN(C2CCOCC2)CC3)cc1. The van der Waals surface area contributed by atoms with Gasteiger partial charge in [0.1, 0.15) is 0 Å². The van der Waals surface area contributed by atoms with Crippen LogP contribution in [0.5, 0.6) is 0 Å². The number of likely N-dealkylation sites (tertiary alicyclic amines) is 1. The highest BCUT2D eigenvalue weighted by Gasteiger charge is 2.39. The molecular formula is C22H33N3O2. The van der Waals surface area contributed by atoms with Gasteiger partial charge in [0.05, 0.1) is 0 Å². The third kappa shape index (κ3) is 4.14. The second-order valence-electron chi connectivity index (χ2n) is 8.49. The number of hydrogen-bond donors (Lipinski definition) is 1. The molecule has 1 amide bonds. The lowest BCUT2D eigenvalue weighted by Gasteiger charge is -2.49. The summed E-state index contributed by atoms with van der Waals surface area (Å²) in [7, 11) is 1.67. The molecule has 0 atom stereocenters. The van der Waals surface area contributed by atoms with E-state index in [4.69, 9.17) is 4.74 Å². The lowest BCUT2D eigenvalue weighted by molar-refractivity contribution is -0.000200. The molecule has 1 aromatic rings. The fourth-order valence-corrected chi connectivity index (χ4v) is 5.12. The number of carbonyl (C=O) groups excluding carboxylic acids is 1. The minimum Gasteiger partial charge on any atom is -0.381 e. The highest BCUT2D eigenvalue weighted by Crippen LogP contribution is 2.42. The molecule has 0 unspecified atom stereocenters. The summed E-state index contributed by atoms with van der Waals surface area (Å²) < 4.78 is 5.53. The second kappa shape index (κ2) is 8.19. The number of anilines is 1. The second-order valence-corrected chi connectivity index (χ2v) is 8.49. The van der Waals surface area contributed by atoms with Crippen molar-refractivity contribution in [2.75, 3.05) is 51.3 Å². The first kappa shape index (κ1) is 18.8. The maximum atomic E-state index is 11.7. The van der Waals surface area contributed by atoms with Crippen LogP contribution in [-0.2, 0) is 4.74 Å². The van der Waals surface area contributed by atoms with Crippen LogP contribution in [0.1, 0.15) is 48.9 Å². The van der Waals surface area contributed by atoms with Crippen molar-refractivity contribution in [3.8, 4) is 0 Å². The van der Waals surface area contributed by atoms with E-state index in [0.717, 1.165) is 37.9 Å². The molecule has 5 heteroatoms. The number of hydrogen-bond acceptors (Lipinski definition) is 4. The highest BCUT2D eigenvalue weighted by molar-refractivity contribution is 5.94. The normalized spacial score (nSPS) is 24.1. The van der Waals surface area contributed by atoms with Crippen LogP contribution in [-0.4, -0.2) is 63.3 Å². The molecule has 1 N–H and O–H groups in total. The summed E-state index contributed by atoms with van der Waals surface area (Å²) in [5.41, 5.74) is 2.53. The van der Waals surface area contributed by atoms with Crippen molar-refractivity contribution in [1.29, 1.82) is 0 Å². The summed E-state index contributed by atoms with van der Waals surface area (Å²) in [6.45, 7) is 6.70. The number of piperidine rings is 2. The Hall–Kier alpha value is -1.59. The fraction of sp³-hybridized carbons (Fsp3) is 0.682. The van der Waals surface area contributed by atoms with Crippen molar-refractivity contribution in [3.05, 3.63) is 29.8 Å². The van der Waals surface area contributed by atoms with Crippen molar-refractivity contribution in [1.82, 2.24) is 10.2 Å². The molecule has 148 valence electrons. The minimum atomic E-state index is -0.0181. The number of rotatable bonds is 3. The van der Waals surface area contributed by atoms with E-state index < -0.39 is 0 Å². The lowest BCUT2D eigenvalue weighted by Crippen LogP contribution is -2.50. The van der Waals surface area contributed by atoms with Crippen LogP contribution in [0.15, 0.2) is 24.3 Å². The summed E-state index contributed by atoms with van der Waals surface area (Å²) in [5, 5.41) is 2.68. The Bertz CT molecular complexity index is 621. The predicted molar refractivity (Wildman–Crippen MR) is 108 cm³/mol. The summed E-state index contributed by atoms with van der Waals surface area (Å²) in [5.74, 6) is -0.0181. The standard InChI is InChI=1S/C22H33N3O2/c1-23-21(26)18-2-4-19(5-3-18)24-12-8-22(9-13-24)10-14-25(15-11-22)20-6-16-27-17-7-20/h2-5,20H,6-17H2,1H3,(H,23,26). The highest BCUT2D eigenvalue weighted by atomic mass is 16.5. The Morgan fingerprint density at radius 3 is 2.19 bits per heavy atom. The zero-order valence-corrected chi connectivity index (χ0v) is 16.6. The zero-order chi connectivity index (χ0) is 18.7. The van der Waals surface area contributed by atoms with Gasteiger partial charge in [0.2, 0.25) is 0 Å². The summed E-state index contributed by atoms with van der Waals surface area (Å²) in [6.07, 6.45) is 7.74. The van der Waals surface area contributed by atoms with Crippen molar-refractivity contribution in [2.24, 2.45) is 5.41 Å². The molecule has 0 saturated carbocycles. The molecule has 5 nitrogen and oxygen atoms in total. The van der Waals surface area contributed by atoms with E-state index in [9.17, 15) is 4.79 Å². The topological polar surface area (TPSA) is 44.8 Å². The maximum Gasteiger partial charge on any atom is 0.251 e. The quantitative estimate of drug-likeness (QED) is 0.887. The van der Waals surface area contributed by atoms with Gasteiger partial charge in [-0.2, -0.15) is 0 Å². The fourth-order valence-electron chi connectivity index (χ4n) is 5.12. The van der Waals surface area contributed by atoms with E-state index in [2.05, 4.69) is 27.2 Å². The molecule has 0 aliphatic carbocycles. The third-order valence-corrected chi connectivity index (χ3v) is 7.11. The maximum absolute atomic E-state index is 11.7. The van der Waals surface area contributed by atoms with Gasteiger partial charge in [-0.3, -0.25) is 4.79 Å². The molecule has 3 aliphatic heterocycles. The van der Waals surface area contributed by atoms with Crippen LogP contribution >= 0.6 is 0 Å². The average Bonchev–Trinajstić information content (AvgIpc) is 2.75. The van der Waals surface area contributed by atoms with Crippen LogP contribution in [0.4, 0.5) is 5.69 Å². The summed E-state index contributed by atoms with van der Waals surface area (Å²) >= 11 is 0. The number of nitrogens with one attached hydrogen (secondary N) is 1. The Morgan fingerprint density at radius 2 is 1.59 bits per heavy atom. The molecule has 3 heterocycles. The van der Waals surface area contributed by atoms with Crippen LogP contribution < -0.4 is 10.2 Å². The van der Waals surface area contributed by atoms with E-state index in [1.54, 1.807) is 7.05 Å². The number of ether oxygens (including phenoxy) is 1. The Labute approximate surface area is 163 Å². The van der Waals surface area contributed by atoms with E-state index >= 15 is 0 Å². The van der Waals surface area contributed by atoms with Crippen LogP contribution in [0, 0.1) is 5.41 Å². The van der Waals surface area contributed by atoms with Crippen molar-refractivity contribution in [3.63, 3.8) is 0 Å². The molecule has 0 bridgehead atoms. The van der Waals surface area contributed by atoms with Gasteiger partial charge in [0.25, 0.3) is 5.91 Å². The van der Waals surface area contributed by atoms with Crippen molar-refractivity contribution < 1.29 is 9.53 Å². The predicted octanol–water partition coefficient (Wildman–Crippen LogP) is 2.91. The van der Waals surface area contributed by atoms with Crippen LogP contribution in [0.2, 0.25) is 0 Å². The first-order chi connectivity index (χ1) is 13.2. The molecule has 0 aromatic heterocycles. The van der Waals surface area contributed by atoms with Crippen LogP contribution in [0.3, 0.4) is 0 Å². The summed E-state index contributed by atoms with van der Waals surface area (Å²) in [4.78, 5) is 16.9. The van der Waals surface area contributed by atoms with Gasteiger partial charge in [-0.25, -0.2) is 0 Å². The molecule has 3 fully saturated rings. The molecular weight excluding hydrogens is 338 g/mol. The van der Waals surface area contributed by atoms with Gasteiger partial charge in [-0.15, -0.1) is 0 Å². The third-order valence-electron chi connectivity index (χ3n) is 7.11. The number of amides is 1. The van der Waals surface area contributed by atoms with Gasteiger partial charge in [-0.05, 0) is 81.3 Å². The molecule has 0 radical (unpaired) electrons. The van der Waals surface area contributed by atoms with Crippen molar-refractivity contribution >= 4 is 11.6 Å². The van der Waals surface area contributed by atoms with E-state index in [1.165, 1.54) is 57.3 Å². The Morgan fingerprint density at radius 1 is 1.00 bits per heavy atom. The zero-order valence-electron chi connectivity index (χ0n) is 16.6. The monoisotopic (exact) mass is 371 g/mol. The lowest BCUT2D eigenvalue weighted by atomic mass is 9.71. The number of carbonyl (C=O) groups is 1. The van der Waals surface area contributed by atoms with Gasteiger partial charge in [0.15, 0.2) is 0 Å². The first-order valence-corrected chi connectivity index (χ1v) is 10.6. The van der Waals surface area contributed by atoms with Crippen LogP contribution in [0.25, 0.3) is 0 Å². The molecule has 3 saturated heterocycles. The van der Waals surface area contributed by atoms with Gasteiger partial charge < -0.3 is 19.9 Å². The van der Waals surface area contributed by atoms with Gasteiger partial charge in [0, 0.05) is 50.6 Å². The summed E-state index contributed by atoms with van der Waals surface area (Å²) in [6, 6.07) is 8.82. The Balaban J connectivity index is 1.29. The van der Waals surface area contributed by atoms with Gasteiger partial charge in [-0.1, -0.05) is 0 Å². The largest absolute Gasteiger partial charge is 0.381 e. The molecule has 4 rings (SSSR count). The molecule has 1 spiro atoms. The van der Waals surface area contributed by atoms with Crippen molar-refractivity contribution in [2.45, 2.75) is 44.6 Å². The molecule has 3 aliphatic rings. The molecule has 1 aromatic carbocycles. The first-order valence-electron chi connectivity index (χ1n) is 10.6.